The number of anilines is 2. The van der Waals surface area contributed by atoms with Gasteiger partial charge in [-0.25, -0.2) is 0 Å². The van der Waals surface area contributed by atoms with Gasteiger partial charge in [-0.3, -0.25) is 14.5 Å². The van der Waals surface area contributed by atoms with Crippen LogP contribution in [0.25, 0.3) is 0 Å². The summed E-state index contributed by atoms with van der Waals surface area (Å²) >= 11 is 0. The number of amides is 2. The van der Waals surface area contributed by atoms with Crippen LogP contribution in [0.15, 0.2) is 48.5 Å². The molecule has 3 rings (SSSR count). The lowest BCUT2D eigenvalue weighted by molar-refractivity contribution is -0.117. The van der Waals surface area contributed by atoms with Gasteiger partial charge in [0, 0.05) is 23.0 Å². The van der Waals surface area contributed by atoms with Gasteiger partial charge in [0.15, 0.2) is 0 Å². The van der Waals surface area contributed by atoms with E-state index in [1.165, 1.54) is 32.1 Å². The molecule has 0 bridgehead atoms. The molecule has 2 amide bonds. The molecule has 1 fully saturated rings. The predicted octanol–water partition coefficient (Wildman–Crippen LogP) is 4.45. The number of hydrogen-bond donors (Lipinski definition) is 2. The highest BCUT2D eigenvalue weighted by Crippen LogP contribution is 2.21. The van der Waals surface area contributed by atoms with Crippen LogP contribution in [0.4, 0.5) is 11.4 Å². The first-order valence-electron chi connectivity index (χ1n) is 9.99. The molecule has 0 saturated heterocycles. The van der Waals surface area contributed by atoms with Crippen molar-refractivity contribution in [3.05, 3.63) is 59.7 Å². The molecular formula is C23H29N3O2. The van der Waals surface area contributed by atoms with E-state index in [9.17, 15) is 9.59 Å². The Balaban J connectivity index is 1.51. The molecule has 0 heterocycles. The van der Waals surface area contributed by atoms with Crippen molar-refractivity contribution in [2.45, 2.75) is 45.1 Å². The molecule has 0 atom stereocenters. The van der Waals surface area contributed by atoms with Gasteiger partial charge in [0.2, 0.25) is 5.91 Å². The third-order valence-corrected chi connectivity index (χ3v) is 5.30. The molecule has 2 N–H and O–H groups in total. The summed E-state index contributed by atoms with van der Waals surface area (Å²) in [4.78, 5) is 26.8. The fourth-order valence-electron chi connectivity index (χ4n) is 3.70. The zero-order valence-electron chi connectivity index (χ0n) is 16.7. The van der Waals surface area contributed by atoms with Gasteiger partial charge in [-0.2, -0.15) is 0 Å². The highest BCUT2D eigenvalue weighted by molar-refractivity contribution is 6.04. The van der Waals surface area contributed by atoms with Crippen LogP contribution >= 0.6 is 0 Å². The number of rotatable bonds is 6. The van der Waals surface area contributed by atoms with Crippen LogP contribution in [0.3, 0.4) is 0 Å². The normalized spacial score (nSPS) is 14.7. The lowest BCUT2D eigenvalue weighted by Crippen LogP contribution is -2.39. The Morgan fingerprint density at radius 2 is 1.61 bits per heavy atom. The SMILES string of the molecule is Cc1cccc(C(=O)Nc2ccc(NC(=O)CN(C)C3CCCCC3)cc2)c1. The van der Waals surface area contributed by atoms with E-state index >= 15 is 0 Å². The van der Waals surface area contributed by atoms with E-state index in [1.807, 2.05) is 44.3 Å². The number of benzene rings is 2. The van der Waals surface area contributed by atoms with Gasteiger partial charge in [0.1, 0.15) is 0 Å². The summed E-state index contributed by atoms with van der Waals surface area (Å²) in [7, 11) is 2.03. The summed E-state index contributed by atoms with van der Waals surface area (Å²) < 4.78 is 0. The van der Waals surface area contributed by atoms with Crippen molar-refractivity contribution in [2.75, 3.05) is 24.2 Å². The topological polar surface area (TPSA) is 61.4 Å². The smallest absolute Gasteiger partial charge is 0.255 e. The van der Waals surface area contributed by atoms with E-state index in [0.29, 0.717) is 23.8 Å². The minimum Gasteiger partial charge on any atom is -0.325 e. The van der Waals surface area contributed by atoms with Gasteiger partial charge < -0.3 is 10.6 Å². The van der Waals surface area contributed by atoms with E-state index in [0.717, 1.165) is 11.3 Å². The molecule has 148 valence electrons. The van der Waals surface area contributed by atoms with E-state index in [1.54, 1.807) is 18.2 Å². The Hall–Kier alpha value is -2.66. The summed E-state index contributed by atoms with van der Waals surface area (Å²) in [5.74, 6) is -0.154. The van der Waals surface area contributed by atoms with E-state index < -0.39 is 0 Å². The Morgan fingerprint density at radius 1 is 0.964 bits per heavy atom. The first-order chi connectivity index (χ1) is 13.5. The summed E-state index contributed by atoms with van der Waals surface area (Å²) in [5, 5.41) is 5.82. The third kappa shape index (κ3) is 5.67. The largest absolute Gasteiger partial charge is 0.325 e. The van der Waals surface area contributed by atoms with Crippen LogP contribution in [0.5, 0.6) is 0 Å². The summed E-state index contributed by atoms with van der Waals surface area (Å²) in [6.07, 6.45) is 6.18. The zero-order valence-corrected chi connectivity index (χ0v) is 16.7. The van der Waals surface area contributed by atoms with Crippen molar-refractivity contribution in [2.24, 2.45) is 0 Å². The molecule has 0 aliphatic heterocycles. The molecule has 1 saturated carbocycles. The Morgan fingerprint density at radius 3 is 2.25 bits per heavy atom. The first kappa shape index (κ1) is 20.1. The number of hydrogen-bond acceptors (Lipinski definition) is 3. The maximum absolute atomic E-state index is 12.3. The van der Waals surface area contributed by atoms with Crippen LogP contribution in [0, 0.1) is 6.92 Å². The Labute approximate surface area is 167 Å². The average molecular weight is 380 g/mol. The molecule has 28 heavy (non-hydrogen) atoms. The van der Waals surface area contributed by atoms with Gasteiger partial charge in [0.25, 0.3) is 5.91 Å². The van der Waals surface area contributed by atoms with Crippen LogP contribution in [0.1, 0.15) is 48.0 Å². The van der Waals surface area contributed by atoms with Crippen LogP contribution in [0.2, 0.25) is 0 Å². The highest BCUT2D eigenvalue weighted by Gasteiger charge is 2.19. The maximum atomic E-state index is 12.3. The quantitative estimate of drug-likeness (QED) is 0.779. The van der Waals surface area contributed by atoms with Crippen molar-refractivity contribution in [1.29, 1.82) is 0 Å². The third-order valence-electron chi connectivity index (χ3n) is 5.30. The van der Waals surface area contributed by atoms with Crippen molar-refractivity contribution in [3.63, 3.8) is 0 Å². The maximum Gasteiger partial charge on any atom is 0.255 e. The van der Waals surface area contributed by atoms with Gasteiger partial charge in [0.05, 0.1) is 6.54 Å². The van der Waals surface area contributed by atoms with E-state index in [-0.39, 0.29) is 11.8 Å². The van der Waals surface area contributed by atoms with Crippen molar-refractivity contribution in [1.82, 2.24) is 4.90 Å². The molecule has 0 unspecified atom stereocenters. The molecule has 5 heteroatoms. The molecular weight excluding hydrogens is 350 g/mol. The monoisotopic (exact) mass is 379 g/mol. The molecule has 0 aromatic heterocycles. The molecule has 5 nitrogen and oxygen atoms in total. The second kappa shape index (κ2) is 9.51. The number of nitrogens with one attached hydrogen (secondary N) is 2. The number of carbonyl (C=O) groups excluding carboxylic acids is 2. The molecule has 1 aliphatic rings. The number of nitrogens with zero attached hydrogens (tertiary/aromatic N) is 1. The highest BCUT2D eigenvalue weighted by atomic mass is 16.2. The van der Waals surface area contributed by atoms with Crippen LogP contribution in [-0.4, -0.2) is 36.3 Å². The number of aryl methyl sites for hydroxylation is 1. The summed E-state index contributed by atoms with van der Waals surface area (Å²) in [6, 6.07) is 15.2. The van der Waals surface area contributed by atoms with Gasteiger partial charge in [-0.15, -0.1) is 0 Å². The minimum absolute atomic E-state index is 0.00961. The Kier molecular flexibility index (Phi) is 6.82. The van der Waals surface area contributed by atoms with Crippen molar-refractivity contribution >= 4 is 23.2 Å². The molecule has 0 spiro atoms. The number of likely N-dealkylation sites (N-methyl/N-ethyl adjacent to an activating group) is 1. The summed E-state index contributed by atoms with van der Waals surface area (Å²) in [6.45, 7) is 2.36. The lowest BCUT2D eigenvalue weighted by atomic mass is 9.94. The van der Waals surface area contributed by atoms with E-state index in [2.05, 4.69) is 15.5 Å². The summed E-state index contributed by atoms with van der Waals surface area (Å²) in [5.41, 5.74) is 3.10. The lowest BCUT2D eigenvalue weighted by Gasteiger charge is -2.30. The fraction of sp³-hybridized carbons (Fsp3) is 0.391. The molecule has 1 aliphatic carbocycles. The predicted molar refractivity (Wildman–Crippen MR) is 114 cm³/mol. The second-order valence-electron chi connectivity index (χ2n) is 7.66. The van der Waals surface area contributed by atoms with Gasteiger partial charge in [-0.1, -0.05) is 37.0 Å². The first-order valence-corrected chi connectivity index (χ1v) is 9.99. The average Bonchev–Trinajstić information content (AvgIpc) is 2.70. The molecule has 0 radical (unpaired) electrons. The zero-order chi connectivity index (χ0) is 19.9. The Bertz CT molecular complexity index is 811. The van der Waals surface area contributed by atoms with E-state index in [4.69, 9.17) is 0 Å². The number of carbonyl (C=O) groups is 2. The molecule has 2 aromatic carbocycles. The standard InChI is InChI=1S/C23H29N3O2/c1-17-7-6-8-18(15-17)23(28)25-20-13-11-19(12-14-20)24-22(27)16-26(2)21-9-4-3-5-10-21/h6-8,11-15,21H,3-5,9-10,16H2,1-2H3,(H,24,27)(H,25,28). The van der Waals surface area contributed by atoms with Gasteiger partial charge >= 0.3 is 0 Å². The van der Waals surface area contributed by atoms with Gasteiger partial charge in [-0.05, 0) is 63.2 Å². The fourth-order valence-corrected chi connectivity index (χ4v) is 3.70. The second-order valence-corrected chi connectivity index (χ2v) is 7.66. The molecule has 2 aromatic rings. The van der Waals surface area contributed by atoms with Crippen LogP contribution < -0.4 is 10.6 Å². The van der Waals surface area contributed by atoms with Crippen molar-refractivity contribution in [3.8, 4) is 0 Å². The minimum atomic E-state index is -0.144. The van der Waals surface area contributed by atoms with Crippen LogP contribution in [-0.2, 0) is 4.79 Å². The van der Waals surface area contributed by atoms with Crippen molar-refractivity contribution < 1.29 is 9.59 Å².